The second kappa shape index (κ2) is 8.59. The van der Waals surface area contributed by atoms with Gasteiger partial charge in [-0.2, -0.15) is 0 Å². The first-order chi connectivity index (χ1) is 12.0. The number of halogens is 3. The van der Waals surface area contributed by atoms with Crippen LogP contribution in [0, 0.1) is 0 Å². The van der Waals surface area contributed by atoms with Crippen LogP contribution in [-0.4, -0.2) is 72.7 Å². The molecule has 0 bridgehead atoms. The molecule has 1 aliphatic heterocycles. The Labute approximate surface area is 161 Å². The van der Waals surface area contributed by atoms with Crippen LogP contribution < -0.4 is 0 Å². The van der Waals surface area contributed by atoms with E-state index < -0.39 is 17.6 Å². The third-order valence-electron chi connectivity index (χ3n) is 5.31. The number of piperazine rings is 1. The van der Waals surface area contributed by atoms with Gasteiger partial charge in [0.25, 0.3) is 6.43 Å². The van der Waals surface area contributed by atoms with Crippen LogP contribution in [0.4, 0.5) is 8.78 Å². The molecule has 1 aliphatic carbocycles. The van der Waals surface area contributed by atoms with E-state index in [1.807, 2.05) is 26.0 Å². The zero-order valence-corrected chi connectivity index (χ0v) is 16.8. The Morgan fingerprint density at radius 2 is 1.88 bits per heavy atom. The maximum absolute atomic E-state index is 12.5. The molecule has 4 nitrogen and oxygen atoms in total. The standard InChI is InChI=1S/C18H29BClF2N2O2/c1-17(2,25)18(3,4)26-19-13-5-6-15(14(20)11-13)24-9-7-23(8-10-24)12-16(21)22/h5-6,13,16,25H,7-12H2,1-4H3. The molecular formula is C18H29BClF2N2O2. The number of aliphatic hydroxyl groups is 1. The average Bonchev–Trinajstić information content (AvgIpc) is 2.52. The first-order valence-corrected chi connectivity index (χ1v) is 9.43. The number of hydrogen-bond acceptors (Lipinski definition) is 4. The van der Waals surface area contributed by atoms with E-state index in [1.54, 1.807) is 26.2 Å². The number of hydrogen-bond donors (Lipinski definition) is 1. The molecule has 1 fully saturated rings. The molecule has 2 rings (SSSR count). The molecule has 0 aromatic carbocycles. The number of allylic oxidation sites excluding steroid dienone is 3. The summed E-state index contributed by atoms with van der Waals surface area (Å²) in [5, 5.41) is 10.9. The molecule has 1 N–H and O–H groups in total. The minimum Gasteiger partial charge on any atom is -0.432 e. The Morgan fingerprint density at radius 1 is 1.27 bits per heavy atom. The maximum Gasteiger partial charge on any atom is 0.301 e. The summed E-state index contributed by atoms with van der Waals surface area (Å²) < 4.78 is 30.8. The van der Waals surface area contributed by atoms with Crippen molar-refractivity contribution in [2.24, 2.45) is 0 Å². The fourth-order valence-corrected chi connectivity index (χ4v) is 3.18. The van der Waals surface area contributed by atoms with Gasteiger partial charge in [0, 0.05) is 31.2 Å². The third-order valence-corrected chi connectivity index (χ3v) is 5.66. The quantitative estimate of drug-likeness (QED) is 0.678. The van der Waals surface area contributed by atoms with Crippen LogP contribution >= 0.6 is 11.6 Å². The van der Waals surface area contributed by atoms with E-state index in [1.165, 1.54) is 0 Å². The van der Waals surface area contributed by atoms with Crippen LogP contribution in [-0.2, 0) is 4.65 Å². The molecule has 26 heavy (non-hydrogen) atoms. The van der Waals surface area contributed by atoms with Crippen LogP contribution in [0.2, 0.25) is 5.82 Å². The molecule has 0 amide bonds. The van der Waals surface area contributed by atoms with Crippen LogP contribution in [0.5, 0.6) is 0 Å². The fraction of sp³-hybridized carbons (Fsp3) is 0.778. The van der Waals surface area contributed by atoms with Crippen LogP contribution in [0.3, 0.4) is 0 Å². The average molecular weight is 390 g/mol. The van der Waals surface area contributed by atoms with Gasteiger partial charge in [-0.25, -0.2) is 8.78 Å². The van der Waals surface area contributed by atoms with E-state index in [-0.39, 0.29) is 12.4 Å². The maximum atomic E-state index is 12.5. The molecule has 8 heteroatoms. The van der Waals surface area contributed by atoms with Gasteiger partial charge in [0.1, 0.15) is 0 Å². The largest absolute Gasteiger partial charge is 0.432 e. The molecule has 2 aliphatic rings. The van der Waals surface area contributed by atoms with Crippen molar-refractivity contribution in [3.05, 3.63) is 22.9 Å². The molecule has 0 aromatic rings. The van der Waals surface area contributed by atoms with Gasteiger partial charge in [0.05, 0.1) is 23.4 Å². The van der Waals surface area contributed by atoms with Crippen molar-refractivity contribution in [1.82, 2.24) is 9.80 Å². The van der Waals surface area contributed by atoms with Crippen LogP contribution in [0.1, 0.15) is 34.1 Å². The summed E-state index contributed by atoms with van der Waals surface area (Å²) in [6.45, 7) is 9.58. The topological polar surface area (TPSA) is 35.9 Å². The first-order valence-electron chi connectivity index (χ1n) is 9.05. The number of rotatable bonds is 7. The summed E-state index contributed by atoms with van der Waals surface area (Å²) in [7, 11) is 1.73. The Kier molecular flexibility index (Phi) is 7.16. The molecule has 147 valence electrons. The van der Waals surface area contributed by atoms with Gasteiger partial charge in [0.15, 0.2) is 0 Å². The lowest BCUT2D eigenvalue weighted by Crippen LogP contribution is -2.48. The summed E-state index contributed by atoms with van der Waals surface area (Å²) in [5.74, 6) is 0.0352. The molecule has 0 spiro atoms. The fourth-order valence-electron chi connectivity index (χ4n) is 2.82. The summed E-state index contributed by atoms with van der Waals surface area (Å²) in [4.78, 5) is 3.93. The van der Waals surface area contributed by atoms with Crippen molar-refractivity contribution < 1.29 is 18.5 Å². The van der Waals surface area contributed by atoms with E-state index in [9.17, 15) is 13.9 Å². The highest BCUT2D eigenvalue weighted by atomic mass is 35.5. The van der Waals surface area contributed by atoms with E-state index in [2.05, 4.69) is 4.90 Å². The van der Waals surface area contributed by atoms with Gasteiger partial charge < -0.3 is 14.7 Å². The van der Waals surface area contributed by atoms with Gasteiger partial charge in [-0.15, -0.1) is 0 Å². The summed E-state index contributed by atoms with van der Waals surface area (Å²) in [5.41, 5.74) is -0.710. The van der Waals surface area contributed by atoms with Gasteiger partial charge in [0.2, 0.25) is 0 Å². The second-order valence-electron chi connectivity index (χ2n) is 8.02. The highest BCUT2D eigenvalue weighted by Crippen LogP contribution is 2.34. The zero-order chi connectivity index (χ0) is 19.5. The monoisotopic (exact) mass is 389 g/mol. The SMILES string of the molecule is CC(C)(O)C(C)(C)O[B]C1C=CC(N2CCN(CC(F)F)CC2)=C(Cl)C1. The van der Waals surface area contributed by atoms with Crippen LogP contribution in [0.25, 0.3) is 0 Å². The van der Waals surface area contributed by atoms with Crippen molar-refractivity contribution in [2.45, 2.75) is 57.6 Å². The predicted molar refractivity (Wildman–Crippen MR) is 102 cm³/mol. The molecule has 1 unspecified atom stereocenters. The van der Waals surface area contributed by atoms with Gasteiger partial charge in [-0.05, 0) is 46.0 Å². The number of nitrogens with zero attached hydrogens (tertiary/aromatic N) is 2. The van der Waals surface area contributed by atoms with E-state index in [4.69, 9.17) is 16.3 Å². The molecule has 1 radical (unpaired) electrons. The predicted octanol–water partition coefficient (Wildman–Crippen LogP) is 3.25. The van der Waals surface area contributed by atoms with Gasteiger partial charge >= 0.3 is 7.48 Å². The Bertz CT molecular complexity index is 542. The molecule has 0 aromatic heterocycles. The molecular weight excluding hydrogens is 360 g/mol. The van der Waals surface area contributed by atoms with Crippen molar-refractivity contribution in [3.8, 4) is 0 Å². The van der Waals surface area contributed by atoms with Crippen molar-refractivity contribution >= 4 is 19.1 Å². The van der Waals surface area contributed by atoms with Crippen molar-refractivity contribution in [3.63, 3.8) is 0 Å². The molecule has 0 saturated carbocycles. The highest BCUT2D eigenvalue weighted by Gasteiger charge is 2.36. The van der Waals surface area contributed by atoms with Crippen molar-refractivity contribution in [2.75, 3.05) is 32.7 Å². The highest BCUT2D eigenvalue weighted by molar-refractivity contribution is 6.34. The molecule has 1 heterocycles. The lowest BCUT2D eigenvalue weighted by molar-refractivity contribution is -0.0907. The normalized spacial score (nSPS) is 23.1. The van der Waals surface area contributed by atoms with Crippen LogP contribution in [0.15, 0.2) is 22.9 Å². The minimum absolute atomic E-state index is 0.0352. The van der Waals surface area contributed by atoms with E-state index in [0.29, 0.717) is 32.6 Å². The summed E-state index contributed by atoms with van der Waals surface area (Å²) in [6, 6.07) is 0. The smallest absolute Gasteiger partial charge is 0.301 e. The lowest BCUT2D eigenvalue weighted by atomic mass is 9.73. The Morgan fingerprint density at radius 3 is 2.38 bits per heavy atom. The van der Waals surface area contributed by atoms with Crippen molar-refractivity contribution in [1.29, 1.82) is 0 Å². The third kappa shape index (κ3) is 5.68. The lowest BCUT2D eigenvalue weighted by Gasteiger charge is -2.39. The van der Waals surface area contributed by atoms with E-state index in [0.717, 1.165) is 10.7 Å². The zero-order valence-electron chi connectivity index (χ0n) is 16.0. The number of alkyl halides is 2. The molecule has 1 atom stereocenters. The van der Waals surface area contributed by atoms with E-state index >= 15 is 0 Å². The van der Waals surface area contributed by atoms with Gasteiger partial charge in [-0.1, -0.05) is 17.7 Å². The Balaban J connectivity index is 1.86. The minimum atomic E-state index is -2.29. The summed E-state index contributed by atoms with van der Waals surface area (Å²) >= 11 is 6.50. The molecule has 1 saturated heterocycles. The van der Waals surface area contributed by atoms with Gasteiger partial charge in [-0.3, -0.25) is 4.90 Å². The first kappa shape index (κ1) is 21.7. The second-order valence-corrected chi connectivity index (χ2v) is 8.48. The summed E-state index contributed by atoms with van der Waals surface area (Å²) in [6.07, 6.45) is 2.36. The Hall–Kier alpha value is -0.625.